The van der Waals surface area contributed by atoms with E-state index in [0.29, 0.717) is 0 Å². The van der Waals surface area contributed by atoms with Crippen LogP contribution in [-0.4, -0.2) is 40.8 Å². The van der Waals surface area contributed by atoms with Gasteiger partial charge in [0.1, 0.15) is 0 Å². The first-order valence-corrected chi connectivity index (χ1v) is 6.74. The number of guanidine groups is 2. The van der Waals surface area contributed by atoms with E-state index in [0.717, 1.165) is 17.7 Å². The number of hydrogen-bond acceptors (Lipinski definition) is 4. The molecule has 1 aromatic heterocycles. The molecule has 0 bridgehead atoms. The number of aromatic nitrogens is 1. The second kappa shape index (κ2) is 7.98. The standard InChI is InChI=1S/C14H22N6O/c1-10(4-5-12-6-8-17-9-7-12)18-13(15)19-14(16)20(3)11(2)21/h6-10H,4-5H2,1-3H3,(H4,15,16,18,19). The van der Waals surface area contributed by atoms with Gasteiger partial charge in [-0.3, -0.25) is 30.8 Å². The summed E-state index contributed by atoms with van der Waals surface area (Å²) in [4.78, 5) is 16.2. The molecule has 1 aromatic rings. The molecule has 1 heterocycles. The Morgan fingerprint density at radius 3 is 2.57 bits per heavy atom. The lowest BCUT2D eigenvalue weighted by atomic mass is 10.1. The number of amides is 1. The van der Waals surface area contributed by atoms with E-state index in [1.165, 1.54) is 19.5 Å². The molecule has 0 aliphatic carbocycles. The van der Waals surface area contributed by atoms with Gasteiger partial charge >= 0.3 is 0 Å². The maximum absolute atomic E-state index is 11.1. The van der Waals surface area contributed by atoms with Crippen molar-refractivity contribution in [2.24, 2.45) is 0 Å². The molecular formula is C14H22N6O. The van der Waals surface area contributed by atoms with E-state index >= 15 is 0 Å². The number of aryl methyl sites for hydroxylation is 1. The van der Waals surface area contributed by atoms with Gasteiger partial charge in [0.2, 0.25) is 11.9 Å². The van der Waals surface area contributed by atoms with Crippen molar-refractivity contribution in [3.05, 3.63) is 30.1 Å². The Labute approximate surface area is 124 Å². The molecule has 0 saturated carbocycles. The highest BCUT2D eigenvalue weighted by Crippen LogP contribution is 2.03. The third-order valence-corrected chi connectivity index (χ3v) is 3.06. The van der Waals surface area contributed by atoms with Crippen molar-refractivity contribution in [1.82, 2.24) is 20.5 Å². The van der Waals surface area contributed by atoms with Crippen molar-refractivity contribution in [2.45, 2.75) is 32.7 Å². The van der Waals surface area contributed by atoms with Gasteiger partial charge in [-0.2, -0.15) is 0 Å². The van der Waals surface area contributed by atoms with E-state index in [9.17, 15) is 4.79 Å². The second-order valence-corrected chi connectivity index (χ2v) is 4.87. The van der Waals surface area contributed by atoms with Crippen LogP contribution in [0.15, 0.2) is 24.5 Å². The summed E-state index contributed by atoms with van der Waals surface area (Å²) >= 11 is 0. The van der Waals surface area contributed by atoms with Crippen molar-refractivity contribution < 1.29 is 4.79 Å². The van der Waals surface area contributed by atoms with Gasteiger partial charge in [0, 0.05) is 32.4 Å². The highest BCUT2D eigenvalue weighted by molar-refractivity contribution is 6.02. The predicted molar refractivity (Wildman–Crippen MR) is 82.2 cm³/mol. The first-order chi connectivity index (χ1) is 9.90. The third-order valence-electron chi connectivity index (χ3n) is 3.06. The van der Waals surface area contributed by atoms with Crippen LogP contribution >= 0.6 is 0 Å². The van der Waals surface area contributed by atoms with Gasteiger partial charge in [-0.15, -0.1) is 0 Å². The highest BCUT2D eigenvalue weighted by atomic mass is 16.2. The van der Waals surface area contributed by atoms with Crippen LogP contribution < -0.4 is 10.6 Å². The molecule has 0 aliphatic heterocycles. The van der Waals surface area contributed by atoms with Crippen molar-refractivity contribution in [3.8, 4) is 0 Å². The van der Waals surface area contributed by atoms with Gasteiger partial charge in [0.05, 0.1) is 0 Å². The lowest BCUT2D eigenvalue weighted by Crippen LogP contribution is -2.49. The fourth-order valence-electron chi connectivity index (χ4n) is 1.65. The number of hydrogen-bond donors (Lipinski definition) is 4. The quantitative estimate of drug-likeness (QED) is 0.489. The average Bonchev–Trinajstić information content (AvgIpc) is 2.45. The van der Waals surface area contributed by atoms with Crippen LogP contribution in [0.3, 0.4) is 0 Å². The van der Waals surface area contributed by atoms with Crippen LogP contribution in [-0.2, 0) is 11.2 Å². The summed E-state index contributed by atoms with van der Waals surface area (Å²) in [5.74, 6) is -0.373. The number of nitrogens with zero attached hydrogens (tertiary/aromatic N) is 2. The molecule has 0 aliphatic rings. The molecule has 0 saturated heterocycles. The minimum atomic E-state index is -0.258. The Hall–Kier alpha value is -2.44. The summed E-state index contributed by atoms with van der Waals surface area (Å²) in [5, 5.41) is 20.9. The van der Waals surface area contributed by atoms with E-state index < -0.39 is 0 Å². The summed E-state index contributed by atoms with van der Waals surface area (Å²) in [5.41, 5.74) is 1.20. The second-order valence-electron chi connectivity index (χ2n) is 4.87. The van der Waals surface area contributed by atoms with Crippen molar-refractivity contribution in [2.75, 3.05) is 7.05 Å². The average molecular weight is 290 g/mol. The van der Waals surface area contributed by atoms with Crippen LogP contribution in [0.1, 0.15) is 25.8 Å². The molecule has 1 rings (SSSR count). The van der Waals surface area contributed by atoms with Gasteiger partial charge in [-0.05, 0) is 37.5 Å². The molecule has 0 spiro atoms. The molecule has 0 aromatic carbocycles. The van der Waals surface area contributed by atoms with Crippen LogP contribution in [0.5, 0.6) is 0 Å². The van der Waals surface area contributed by atoms with Gasteiger partial charge in [-0.1, -0.05) is 0 Å². The number of pyridine rings is 1. The first-order valence-electron chi connectivity index (χ1n) is 6.74. The Balaban J connectivity index is 2.34. The number of carbonyl (C=O) groups excluding carboxylic acids is 1. The molecule has 7 nitrogen and oxygen atoms in total. The Kier molecular flexibility index (Phi) is 6.32. The van der Waals surface area contributed by atoms with E-state index in [1.807, 2.05) is 19.1 Å². The van der Waals surface area contributed by atoms with Crippen LogP contribution in [0, 0.1) is 10.8 Å². The minimum absolute atomic E-state index is 0.00956. The molecular weight excluding hydrogens is 268 g/mol. The SMILES string of the molecule is CC(=O)N(C)C(=N)NC(=N)NC(C)CCc1ccncc1. The van der Waals surface area contributed by atoms with Gasteiger partial charge in [0.15, 0.2) is 5.96 Å². The smallest absolute Gasteiger partial charge is 0.225 e. The highest BCUT2D eigenvalue weighted by Gasteiger charge is 2.11. The van der Waals surface area contributed by atoms with E-state index in [1.54, 1.807) is 12.4 Å². The zero-order valence-electron chi connectivity index (χ0n) is 12.6. The van der Waals surface area contributed by atoms with E-state index in [-0.39, 0.29) is 23.9 Å². The van der Waals surface area contributed by atoms with Gasteiger partial charge < -0.3 is 5.32 Å². The molecule has 0 fully saturated rings. The third kappa shape index (κ3) is 6.03. The fraction of sp³-hybridized carbons (Fsp3) is 0.429. The van der Waals surface area contributed by atoms with Crippen LogP contribution in [0.25, 0.3) is 0 Å². The zero-order chi connectivity index (χ0) is 15.8. The molecule has 1 atom stereocenters. The van der Waals surface area contributed by atoms with Gasteiger partial charge in [0.25, 0.3) is 0 Å². The summed E-state index contributed by atoms with van der Waals surface area (Å²) in [7, 11) is 1.48. The Morgan fingerprint density at radius 1 is 1.38 bits per heavy atom. The summed E-state index contributed by atoms with van der Waals surface area (Å²) in [6, 6.07) is 4.01. The number of rotatable bonds is 4. The maximum Gasteiger partial charge on any atom is 0.225 e. The van der Waals surface area contributed by atoms with Crippen molar-refractivity contribution in [3.63, 3.8) is 0 Å². The lowest BCUT2D eigenvalue weighted by molar-refractivity contribution is -0.124. The normalized spacial score (nSPS) is 11.4. The topological polar surface area (TPSA) is 105 Å². The zero-order valence-corrected chi connectivity index (χ0v) is 12.6. The minimum Gasteiger partial charge on any atom is -0.354 e. The summed E-state index contributed by atoms with van der Waals surface area (Å²) in [6.45, 7) is 3.33. The maximum atomic E-state index is 11.1. The molecule has 21 heavy (non-hydrogen) atoms. The van der Waals surface area contributed by atoms with E-state index in [2.05, 4.69) is 15.6 Å². The Morgan fingerprint density at radius 2 is 2.00 bits per heavy atom. The number of carbonyl (C=O) groups is 1. The van der Waals surface area contributed by atoms with Crippen molar-refractivity contribution in [1.29, 1.82) is 10.8 Å². The molecule has 0 radical (unpaired) electrons. The molecule has 4 N–H and O–H groups in total. The van der Waals surface area contributed by atoms with Crippen LogP contribution in [0.2, 0.25) is 0 Å². The molecule has 1 unspecified atom stereocenters. The summed E-state index contributed by atoms with van der Waals surface area (Å²) < 4.78 is 0. The largest absolute Gasteiger partial charge is 0.354 e. The van der Waals surface area contributed by atoms with E-state index in [4.69, 9.17) is 10.8 Å². The predicted octanol–water partition coefficient (Wildman–Crippen LogP) is 0.930. The monoisotopic (exact) mass is 290 g/mol. The summed E-state index contributed by atoms with van der Waals surface area (Å²) in [6.07, 6.45) is 5.25. The van der Waals surface area contributed by atoms with Crippen molar-refractivity contribution >= 4 is 17.8 Å². The fourth-order valence-corrected chi connectivity index (χ4v) is 1.65. The van der Waals surface area contributed by atoms with Gasteiger partial charge in [-0.25, -0.2) is 0 Å². The first kappa shape index (κ1) is 16.6. The van der Waals surface area contributed by atoms with Crippen LogP contribution in [0.4, 0.5) is 0 Å². The molecule has 1 amide bonds. The Bertz CT molecular complexity index is 501. The molecule has 114 valence electrons. The molecule has 7 heteroatoms. The lowest BCUT2D eigenvalue weighted by Gasteiger charge is -2.20. The number of nitrogens with one attached hydrogen (secondary N) is 4.